The van der Waals surface area contributed by atoms with Crippen LogP contribution in [0.2, 0.25) is 0 Å². The van der Waals surface area contributed by atoms with Gasteiger partial charge in [0.2, 0.25) is 0 Å². The molecular weight excluding hydrogens is 499 g/mol. The van der Waals surface area contributed by atoms with E-state index in [0.717, 1.165) is 9.13 Å². The Labute approximate surface area is 190 Å². The van der Waals surface area contributed by atoms with Crippen molar-refractivity contribution in [1.82, 2.24) is 5.32 Å². The fraction of sp³-hybridized carbons (Fsp3) is 0.364. The van der Waals surface area contributed by atoms with E-state index in [1.807, 2.05) is 24.3 Å². The second-order valence-corrected chi connectivity index (χ2v) is 9.26. The van der Waals surface area contributed by atoms with Crippen molar-refractivity contribution in [2.75, 3.05) is 11.9 Å². The Morgan fingerprint density at radius 3 is 2.13 bits per heavy atom. The van der Waals surface area contributed by atoms with E-state index in [4.69, 9.17) is 9.47 Å². The van der Waals surface area contributed by atoms with E-state index in [1.165, 1.54) is 6.92 Å². The zero-order chi connectivity index (χ0) is 22.4. The zero-order valence-electron chi connectivity index (χ0n) is 17.5. The third kappa shape index (κ3) is 7.49. The van der Waals surface area contributed by atoms with E-state index in [0.29, 0.717) is 18.0 Å². The maximum atomic E-state index is 12.6. The first kappa shape index (κ1) is 23.9. The number of rotatable bonds is 7. The number of carbonyl (C=O) groups excluding carboxylic acids is 2. The molecule has 2 aromatic carbocycles. The van der Waals surface area contributed by atoms with Crippen LogP contribution in [-0.4, -0.2) is 34.9 Å². The van der Waals surface area contributed by atoms with Crippen molar-refractivity contribution >= 4 is 40.3 Å². The van der Waals surface area contributed by atoms with Crippen LogP contribution < -0.4 is 15.4 Å². The van der Waals surface area contributed by atoms with Crippen LogP contribution in [-0.2, 0) is 16.1 Å². The van der Waals surface area contributed by atoms with Crippen molar-refractivity contribution in [1.29, 1.82) is 0 Å². The predicted molar refractivity (Wildman–Crippen MR) is 123 cm³/mol. The van der Waals surface area contributed by atoms with Gasteiger partial charge in [-0.2, -0.15) is 0 Å². The van der Waals surface area contributed by atoms with E-state index in [-0.39, 0.29) is 0 Å². The fourth-order valence-corrected chi connectivity index (χ4v) is 2.71. The number of aliphatic hydroxyl groups excluding tert-OH is 1. The van der Waals surface area contributed by atoms with Gasteiger partial charge in [0.15, 0.2) is 0 Å². The van der Waals surface area contributed by atoms with Crippen LogP contribution in [0.1, 0.15) is 33.3 Å². The van der Waals surface area contributed by atoms with Crippen LogP contribution in [0.25, 0.3) is 0 Å². The highest BCUT2D eigenvalue weighted by Gasteiger charge is 2.36. The van der Waals surface area contributed by atoms with Gasteiger partial charge in [-0.25, -0.2) is 4.79 Å². The molecule has 8 heteroatoms. The Kier molecular flexibility index (Phi) is 8.08. The highest BCUT2D eigenvalue weighted by molar-refractivity contribution is 14.1. The minimum atomic E-state index is -1.54. The van der Waals surface area contributed by atoms with E-state index in [2.05, 4.69) is 33.2 Å². The molecular formula is C22H27IN2O5. The molecule has 2 aromatic rings. The second-order valence-electron chi connectivity index (χ2n) is 8.01. The molecule has 0 bridgehead atoms. The quantitative estimate of drug-likeness (QED) is 0.473. The summed E-state index contributed by atoms with van der Waals surface area (Å²) in [6.45, 7) is 6.41. The van der Waals surface area contributed by atoms with Crippen LogP contribution >= 0.6 is 22.6 Å². The van der Waals surface area contributed by atoms with Crippen LogP contribution in [0.3, 0.4) is 0 Å². The summed E-state index contributed by atoms with van der Waals surface area (Å²) in [6, 6.07) is 14.9. The lowest BCUT2D eigenvalue weighted by Gasteiger charge is -2.29. The van der Waals surface area contributed by atoms with E-state index in [9.17, 15) is 14.7 Å². The van der Waals surface area contributed by atoms with Crippen LogP contribution in [0.15, 0.2) is 48.5 Å². The molecule has 162 valence electrons. The lowest BCUT2D eigenvalue weighted by Crippen LogP contribution is -2.58. The standard InChI is InChI=1S/C22H27IN2O5/c1-21(2,3)30-20(28)25-22(4,14-26)19(27)24-17-9-11-18(12-10-17)29-13-15-5-7-16(23)8-6-15/h5-12,26H,13-14H2,1-4H3,(H,24,27)(H,25,28)/t22-/m0/s1. The average Bonchev–Trinajstić information content (AvgIpc) is 2.67. The Morgan fingerprint density at radius 1 is 1.00 bits per heavy atom. The molecule has 30 heavy (non-hydrogen) atoms. The molecule has 0 saturated heterocycles. The normalized spacial score (nSPS) is 13.1. The SMILES string of the molecule is CC(C)(C)OC(=O)N[C@@](C)(CO)C(=O)Nc1ccc(OCc2ccc(I)cc2)cc1. The topological polar surface area (TPSA) is 96.9 Å². The Morgan fingerprint density at radius 2 is 1.60 bits per heavy atom. The first-order valence-electron chi connectivity index (χ1n) is 9.41. The van der Waals surface area contributed by atoms with Crippen molar-refractivity contribution in [2.45, 2.75) is 45.4 Å². The highest BCUT2D eigenvalue weighted by atomic mass is 127. The van der Waals surface area contributed by atoms with Gasteiger partial charge in [-0.15, -0.1) is 0 Å². The van der Waals surface area contributed by atoms with Crippen molar-refractivity contribution in [2.24, 2.45) is 0 Å². The number of benzene rings is 2. The number of nitrogens with one attached hydrogen (secondary N) is 2. The maximum Gasteiger partial charge on any atom is 0.408 e. The summed E-state index contributed by atoms with van der Waals surface area (Å²) in [5.41, 5.74) is -0.695. The first-order valence-corrected chi connectivity index (χ1v) is 10.5. The summed E-state index contributed by atoms with van der Waals surface area (Å²) in [7, 11) is 0. The van der Waals surface area contributed by atoms with Gasteiger partial charge in [0.1, 0.15) is 23.5 Å². The van der Waals surface area contributed by atoms with Crippen molar-refractivity contribution < 1.29 is 24.2 Å². The number of alkyl carbamates (subject to hydrolysis) is 1. The van der Waals surface area contributed by atoms with Crippen LogP contribution in [0.4, 0.5) is 10.5 Å². The Hall–Kier alpha value is -2.33. The van der Waals surface area contributed by atoms with Crippen LogP contribution in [0, 0.1) is 3.57 Å². The minimum Gasteiger partial charge on any atom is -0.489 e. The summed E-state index contributed by atoms with van der Waals surface area (Å²) in [6.07, 6.45) is -0.784. The van der Waals surface area contributed by atoms with E-state index >= 15 is 0 Å². The molecule has 0 fully saturated rings. The maximum absolute atomic E-state index is 12.6. The molecule has 7 nitrogen and oxygen atoms in total. The molecule has 0 radical (unpaired) electrons. The fourth-order valence-electron chi connectivity index (χ4n) is 2.35. The number of amides is 2. The molecule has 0 spiro atoms. The van der Waals surface area contributed by atoms with Crippen molar-refractivity contribution in [3.05, 3.63) is 57.7 Å². The summed E-state index contributed by atoms with van der Waals surface area (Å²) < 4.78 is 12.1. The predicted octanol–water partition coefficient (Wildman–Crippen LogP) is 4.08. The molecule has 0 saturated carbocycles. The molecule has 0 aromatic heterocycles. The monoisotopic (exact) mass is 526 g/mol. The number of halogens is 1. The second kappa shape index (κ2) is 10.1. The number of anilines is 1. The van der Waals surface area contributed by atoms with Gasteiger partial charge in [-0.05, 0) is 92.2 Å². The van der Waals surface area contributed by atoms with Crippen molar-refractivity contribution in [3.63, 3.8) is 0 Å². The number of hydrogen-bond donors (Lipinski definition) is 3. The summed E-state index contributed by atoms with van der Waals surface area (Å²) in [5, 5.41) is 14.8. The van der Waals surface area contributed by atoms with Gasteiger partial charge in [-0.3, -0.25) is 4.79 Å². The van der Waals surface area contributed by atoms with Gasteiger partial charge in [0.25, 0.3) is 5.91 Å². The minimum absolute atomic E-state index is 0.436. The van der Waals surface area contributed by atoms with Crippen molar-refractivity contribution in [3.8, 4) is 5.75 Å². The number of ether oxygens (including phenoxy) is 2. The molecule has 1 atom stereocenters. The molecule has 2 rings (SSSR count). The molecule has 0 aliphatic carbocycles. The molecule has 0 unspecified atom stereocenters. The molecule has 2 amide bonds. The molecule has 0 heterocycles. The van der Waals surface area contributed by atoms with Gasteiger partial charge in [-0.1, -0.05) is 12.1 Å². The lowest BCUT2D eigenvalue weighted by atomic mass is 10.0. The Balaban J connectivity index is 1.94. The molecule has 0 aliphatic heterocycles. The van der Waals surface area contributed by atoms with Gasteiger partial charge in [0, 0.05) is 9.26 Å². The van der Waals surface area contributed by atoms with Gasteiger partial charge < -0.3 is 25.2 Å². The summed E-state index contributed by atoms with van der Waals surface area (Å²) in [4.78, 5) is 24.6. The number of carbonyl (C=O) groups is 2. The third-order valence-electron chi connectivity index (χ3n) is 4.03. The zero-order valence-corrected chi connectivity index (χ0v) is 19.6. The van der Waals surface area contributed by atoms with Crippen LogP contribution in [0.5, 0.6) is 5.75 Å². The molecule has 0 aliphatic rings. The van der Waals surface area contributed by atoms with E-state index < -0.39 is 29.7 Å². The highest BCUT2D eigenvalue weighted by Crippen LogP contribution is 2.19. The Bertz CT molecular complexity index is 863. The smallest absolute Gasteiger partial charge is 0.408 e. The summed E-state index contributed by atoms with van der Waals surface area (Å²) >= 11 is 2.25. The van der Waals surface area contributed by atoms with Gasteiger partial charge >= 0.3 is 6.09 Å². The molecule has 3 N–H and O–H groups in total. The lowest BCUT2D eigenvalue weighted by molar-refractivity contribution is -0.123. The third-order valence-corrected chi connectivity index (χ3v) is 4.74. The van der Waals surface area contributed by atoms with E-state index in [1.54, 1.807) is 45.0 Å². The number of hydrogen-bond acceptors (Lipinski definition) is 5. The van der Waals surface area contributed by atoms with Gasteiger partial charge in [0.05, 0.1) is 6.61 Å². The first-order chi connectivity index (χ1) is 14.0. The largest absolute Gasteiger partial charge is 0.489 e. The number of aliphatic hydroxyl groups is 1. The average molecular weight is 526 g/mol. The summed E-state index contributed by atoms with van der Waals surface area (Å²) in [5.74, 6) is 0.0896.